The number of thiophene rings is 2. The molecular weight excluding hydrogens is 645 g/mol. The molecule has 2 aromatic carbocycles. The number of pyridine rings is 2. The molecule has 2 atom stereocenters. The maximum atomic E-state index is 4.95. The molecule has 0 radical (unpaired) electrons. The summed E-state index contributed by atoms with van der Waals surface area (Å²) in [5.74, 6) is 0.800. The van der Waals surface area contributed by atoms with Crippen LogP contribution >= 0.6 is 22.7 Å². The van der Waals surface area contributed by atoms with Crippen molar-refractivity contribution < 1.29 is 0 Å². The standard InChI is InChI=1S/C46H48N2S2/c1-5-7-17-33(3)43(35-19-11-9-12-20-35)45(41-23-15-29-49-41)37-25-27-47-39(31-37)40-32-38(26-28-48-40)46(42-24-16-30-50-42)44(34(4)18-8-6-2)36-21-13-10-14-22-36/h9-16,19-34H,5-8,17-18H2,1-4H3. The summed E-state index contributed by atoms with van der Waals surface area (Å²) in [4.78, 5) is 12.5. The molecule has 0 aliphatic carbocycles. The Bertz CT molecular complexity index is 1840. The lowest BCUT2D eigenvalue weighted by Gasteiger charge is -2.23. The highest BCUT2D eigenvalue weighted by molar-refractivity contribution is 7.11. The van der Waals surface area contributed by atoms with E-state index in [0.717, 1.165) is 24.2 Å². The van der Waals surface area contributed by atoms with Gasteiger partial charge in [-0.05, 0) is 105 Å². The summed E-state index contributed by atoms with van der Waals surface area (Å²) in [6, 6.07) is 39.6. The van der Waals surface area contributed by atoms with Crippen LogP contribution in [-0.4, -0.2) is 9.97 Å². The Morgan fingerprint density at radius 3 is 1.30 bits per heavy atom. The van der Waals surface area contributed by atoms with Gasteiger partial charge in [-0.1, -0.05) is 126 Å². The van der Waals surface area contributed by atoms with Gasteiger partial charge in [0.05, 0.1) is 11.4 Å². The first-order valence-electron chi connectivity index (χ1n) is 18.2. The van der Waals surface area contributed by atoms with Crippen molar-refractivity contribution in [3.05, 3.63) is 164 Å². The highest BCUT2D eigenvalue weighted by atomic mass is 32.1. The molecule has 0 N–H and O–H groups in total. The molecule has 6 rings (SSSR count). The normalized spacial score (nSPS) is 13.8. The maximum Gasteiger partial charge on any atom is 0.0892 e. The molecule has 4 heterocycles. The van der Waals surface area contributed by atoms with Crippen molar-refractivity contribution in [3.63, 3.8) is 0 Å². The van der Waals surface area contributed by atoms with Gasteiger partial charge >= 0.3 is 0 Å². The highest BCUT2D eigenvalue weighted by Crippen LogP contribution is 2.43. The molecule has 0 fully saturated rings. The van der Waals surface area contributed by atoms with Gasteiger partial charge in [0, 0.05) is 33.3 Å². The number of hydrogen-bond donors (Lipinski definition) is 0. The first-order valence-corrected chi connectivity index (χ1v) is 19.9. The van der Waals surface area contributed by atoms with Crippen molar-refractivity contribution in [1.29, 1.82) is 0 Å². The van der Waals surface area contributed by atoms with E-state index in [4.69, 9.17) is 9.97 Å². The predicted molar refractivity (Wildman–Crippen MR) is 218 cm³/mol. The number of nitrogens with zero attached hydrogens (tertiary/aromatic N) is 2. The van der Waals surface area contributed by atoms with Crippen molar-refractivity contribution in [3.8, 4) is 11.4 Å². The number of allylic oxidation sites excluding steroid dienone is 2. The monoisotopic (exact) mass is 692 g/mol. The molecule has 2 unspecified atom stereocenters. The van der Waals surface area contributed by atoms with Crippen LogP contribution in [0.3, 0.4) is 0 Å². The minimum absolute atomic E-state index is 0.400. The minimum atomic E-state index is 0.400. The van der Waals surface area contributed by atoms with Gasteiger partial charge < -0.3 is 0 Å². The van der Waals surface area contributed by atoms with Crippen molar-refractivity contribution in [2.24, 2.45) is 11.8 Å². The third-order valence-electron chi connectivity index (χ3n) is 9.57. The first-order chi connectivity index (χ1) is 24.6. The molecule has 0 bridgehead atoms. The second-order valence-corrected chi connectivity index (χ2v) is 15.1. The summed E-state index contributed by atoms with van der Waals surface area (Å²) in [5, 5.41) is 4.37. The Morgan fingerprint density at radius 1 is 0.520 bits per heavy atom. The number of rotatable bonds is 15. The van der Waals surface area contributed by atoms with E-state index in [1.54, 1.807) is 0 Å². The van der Waals surface area contributed by atoms with Gasteiger partial charge in [0.2, 0.25) is 0 Å². The molecule has 0 aliphatic heterocycles. The maximum absolute atomic E-state index is 4.95. The summed E-state index contributed by atoms with van der Waals surface area (Å²) in [6.07, 6.45) is 11.0. The SMILES string of the molecule is CCCCC(C)C(=C(c1ccnc(-c2cc(C(=C(c3ccccc3)C(C)CCCC)c3cccs3)ccn2)c1)c1cccs1)c1ccccc1. The van der Waals surface area contributed by atoms with Gasteiger partial charge in [0.25, 0.3) is 0 Å². The molecule has 6 aromatic rings. The number of unbranched alkanes of at least 4 members (excludes halogenated alkanes) is 2. The predicted octanol–water partition coefficient (Wildman–Crippen LogP) is 13.8. The average molecular weight is 693 g/mol. The fraction of sp³-hybridized carbons (Fsp3) is 0.261. The fourth-order valence-corrected chi connectivity index (χ4v) is 8.66. The van der Waals surface area contributed by atoms with E-state index >= 15 is 0 Å². The Balaban J connectivity index is 1.52. The van der Waals surface area contributed by atoms with Crippen LogP contribution in [0, 0.1) is 11.8 Å². The quantitative estimate of drug-likeness (QED) is 0.107. The summed E-state index contributed by atoms with van der Waals surface area (Å²) in [5.41, 5.74) is 12.1. The fourth-order valence-electron chi connectivity index (χ4n) is 7.05. The van der Waals surface area contributed by atoms with Crippen LogP contribution in [0.1, 0.15) is 98.2 Å². The van der Waals surface area contributed by atoms with Gasteiger partial charge in [-0.15, -0.1) is 22.7 Å². The summed E-state index contributed by atoms with van der Waals surface area (Å²) < 4.78 is 0. The third-order valence-corrected chi connectivity index (χ3v) is 11.3. The molecule has 0 saturated heterocycles. The Hall–Kier alpha value is -4.38. The van der Waals surface area contributed by atoms with Crippen LogP contribution in [0.4, 0.5) is 0 Å². The van der Waals surface area contributed by atoms with Crippen molar-refractivity contribution in [2.75, 3.05) is 0 Å². The first kappa shape index (κ1) is 35.4. The second-order valence-electron chi connectivity index (χ2n) is 13.2. The highest BCUT2D eigenvalue weighted by Gasteiger charge is 2.23. The number of hydrogen-bond acceptors (Lipinski definition) is 4. The van der Waals surface area contributed by atoms with Gasteiger partial charge in [-0.3, -0.25) is 9.97 Å². The molecule has 4 heteroatoms. The topological polar surface area (TPSA) is 25.8 Å². The summed E-state index contributed by atoms with van der Waals surface area (Å²) >= 11 is 3.61. The lowest BCUT2D eigenvalue weighted by Crippen LogP contribution is -2.05. The van der Waals surface area contributed by atoms with E-state index in [9.17, 15) is 0 Å². The molecule has 0 amide bonds. The molecule has 0 spiro atoms. The summed E-state index contributed by atoms with van der Waals surface area (Å²) in [7, 11) is 0. The lowest BCUT2D eigenvalue weighted by atomic mass is 9.83. The molecule has 4 aromatic heterocycles. The van der Waals surface area contributed by atoms with Crippen LogP contribution in [0.2, 0.25) is 0 Å². The molecule has 0 aliphatic rings. The zero-order chi connectivity index (χ0) is 34.7. The van der Waals surface area contributed by atoms with E-state index in [0.29, 0.717) is 11.8 Å². The van der Waals surface area contributed by atoms with Gasteiger partial charge in [0.1, 0.15) is 0 Å². The Morgan fingerprint density at radius 2 is 0.940 bits per heavy atom. The summed E-state index contributed by atoms with van der Waals surface area (Å²) in [6.45, 7) is 9.34. The average Bonchev–Trinajstić information content (AvgIpc) is 3.90. The largest absolute Gasteiger partial charge is 0.255 e. The van der Waals surface area contributed by atoms with Crippen LogP contribution in [0.5, 0.6) is 0 Å². The van der Waals surface area contributed by atoms with E-state index in [1.165, 1.54) is 80.0 Å². The van der Waals surface area contributed by atoms with Crippen LogP contribution in [-0.2, 0) is 0 Å². The zero-order valence-electron chi connectivity index (χ0n) is 29.8. The van der Waals surface area contributed by atoms with E-state index in [2.05, 4.69) is 148 Å². The van der Waals surface area contributed by atoms with E-state index < -0.39 is 0 Å². The van der Waals surface area contributed by atoms with Crippen LogP contribution < -0.4 is 0 Å². The van der Waals surface area contributed by atoms with Crippen molar-refractivity contribution in [2.45, 2.75) is 66.2 Å². The van der Waals surface area contributed by atoms with Gasteiger partial charge in [0.15, 0.2) is 0 Å². The third kappa shape index (κ3) is 8.31. The van der Waals surface area contributed by atoms with E-state index in [1.807, 2.05) is 35.1 Å². The molecule has 0 saturated carbocycles. The smallest absolute Gasteiger partial charge is 0.0892 e. The second kappa shape index (κ2) is 17.5. The van der Waals surface area contributed by atoms with Crippen LogP contribution in [0.25, 0.3) is 33.7 Å². The lowest BCUT2D eigenvalue weighted by molar-refractivity contribution is 0.611. The Labute approximate surface area is 307 Å². The number of benzene rings is 2. The molecule has 254 valence electrons. The zero-order valence-corrected chi connectivity index (χ0v) is 31.4. The molecule has 2 nitrogen and oxygen atoms in total. The van der Waals surface area contributed by atoms with Gasteiger partial charge in [-0.25, -0.2) is 0 Å². The van der Waals surface area contributed by atoms with E-state index in [-0.39, 0.29) is 0 Å². The Kier molecular flexibility index (Phi) is 12.4. The minimum Gasteiger partial charge on any atom is -0.255 e. The van der Waals surface area contributed by atoms with Crippen molar-refractivity contribution >= 4 is 45.0 Å². The molecule has 50 heavy (non-hydrogen) atoms. The number of aromatic nitrogens is 2. The van der Waals surface area contributed by atoms with Crippen molar-refractivity contribution in [1.82, 2.24) is 9.97 Å². The molecular formula is C46H48N2S2. The van der Waals surface area contributed by atoms with Crippen LogP contribution in [0.15, 0.2) is 132 Å². The van der Waals surface area contributed by atoms with Gasteiger partial charge in [-0.2, -0.15) is 0 Å².